The SMILES string of the molecule is CC1CC=Cc2c1oc1c(N(c3ccccc3)c3ccc4c(c3)oc3c5ccc(N(c6ccccc6-c6ccccc6)c6c(F)cc(C7C=CC=CC7)cc6-c6ccccc6)cc5c5ccccc5c43)cccc21. The third kappa shape index (κ3) is 7.18. The van der Waals surface area contributed by atoms with Gasteiger partial charge in [0.25, 0.3) is 0 Å². The summed E-state index contributed by atoms with van der Waals surface area (Å²) < 4.78 is 31.9. The number of hydrogen-bond acceptors (Lipinski definition) is 4. The van der Waals surface area contributed by atoms with Crippen LogP contribution in [0.15, 0.2) is 245 Å². The molecule has 2 aromatic heterocycles. The van der Waals surface area contributed by atoms with Gasteiger partial charge in [-0.3, -0.25) is 0 Å². The van der Waals surface area contributed by atoms with Crippen LogP contribution in [0.3, 0.4) is 0 Å². The molecule has 4 nitrogen and oxygen atoms in total. The molecule has 2 atom stereocenters. The highest BCUT2D eigenvalue weighted by Gasteiger charge is 2.29. The molecule has 354 valence electrons. The third-order valence-electron chi connectivity index (χ3n) is 15.2. The van der Waals surface area contributed by atoms with E-state index in [9.17, 15) is 0 Å². The molecule has 2 aliphatic carbocycles. The fourth-order valence-electron chi connectivity index (χ4n) is 11.7. The van der Waals surface area contributed by atoms with Crippen molar-refractivity contribution in [2.24, 2.45) is 0 Å². The zero-order valence-corrected chi connectivity index (χ0v) is 40.8. The van der Waals surface area contributed by atoms with Crippen molar-refractivity contribution in [3.63, 3.8) is 0 Å². The maximum atomic E-state index is 17.9. The molecule has 0 N–H and O–H groups in total. The Labute approximate surface area is 428 Å². The molecule has 0 saturated carbocycles. The van der Waals surface area contributed by atoms with Gasteiger partial charge < -0.3 is 18.6 Å². The number of rotatable bonds is 9. The number of halogens is 1. The summed E-state index contributed by atoms with van der Waals surface area (Å²) in [5.74, 6) is 1.09. The Hall–Kier alpha value is -9.19. The van der Waals surface area contributed by atoms with Crippen LogP contribution in [-0.4, -0.2) is 0 Å². The molecule has 5 heteroatoms. The largest absolute Gasteiger partial charge is 0.458 e. The van der Waals surface area contributed by atoms with Gasteiger partial charge in [0, 0.05) is 67.5 Å². The fourth-order valence-corrected chi connectivity index (χ4v) is 11.7. The molecule has 2 heterocycles. The third-order valence-corrected chi connectivity index (χ3v) is 15.2. The summed E-state index contributed by atoms with van der Waals surface area (Å²) in [5, 5.41) is 7.34. The summed E-state index contributed by atoms with van der Waals surface area (Å²) in [6, 6.07) is 71.5. The molecule has 2 aliphatic rings. The van der Waals surface area contributed by atoms with Crippen molar-refractivity contribution in [2.75, 3.05) is 9.80 Å². The maximum absolute atomic E-state index is 17.9. The molecule has 0 spiro atoms. The highest BCUT2D eigenvalue weighted by atomic mass is 19.1. The van der Waals surface area contributed by atoms with Gasteiger partial charge in [0.05, 0.1) is 22.7 Å². The lowest BCUT2D eigenvalue weighted by molar-refractivity contribution is 0.504. The summed E-state index contributed by atoms with van der Waals surface area (Å²) in [7, 11) is 0. The lowest BCUT2D eigenvalue weighted by Crippen LogP contribution is -2.15. The quantitative estimate of drug-likeness (QED) is 0.135. The molecule has 2 unspecified atom stereocenters. The van der Waals surface area contributed by atoms with E-state index in [-0.39, 0.29) is 11.7 Å². The van der Waals surface area contributed by atoms with Gasteiger partial charge in [-0.15, -0.1) is 0 Å². The molecule has 0 bridgehead atoms. The van der Waals surface area contributed by atoms with Crippen LogP contribution in [0, 0.1) is 5.82 Å². The number of allylic oxidation sites excluding steroid dienone is 5. The summed E-state index contributed by atoms with van der Waals surface area (Å²) in [5.41, 5.74) is 13.4. The summed E-state index contributed by atoms with van der Waals surface area (Å²) in [6.07, 6.45) is 14.7. The zero-order chi connectivity index (χ0) is 49.3. The van der Waals surface area contributed by atoms with Gasteiger partial charge in [-0.2, -0.15) is 0 Å². The minimum Gasteiger partial charge on any atom is -0.458 e. The molecule has 10 aromatic carbocycles. The van der Waals surface area contributed by atoms with Crippen molar-refractivity contribution in [1.82, 2.24) is 0 Å². The molecule has 0 radical (unpaired) electrons. The number of anilines is 6. The smallest absolute Gasteiger partial charge is 0.158 e. The number of nitrogens with zero attached hydrogens (tertiary/aromatic N) is 2. The van der Waals surface area contributed by atoms with Crippen LogP contribution >= 0.6 is 0 Å². The molecule has 0 amide bonds. The summed E-state index contributed by atoms with van der Waals surface area (Å²) >= 11 is 0. The van der Waals surface area contributed by atoms with Gasteiger partial charge in [-0.05, 0) is 112 Å². The lowest BCUT2D eigenvalue weighted by Gasteiger charge is -2.31. The second-order valence-electron chi connectivity index (χ2n) is 19.6. The zero-order valence-electron chi connectivity index (χ0n) is 40.8. The monoisotopic (exact) mass is 956 g/mol. The predicted octanol–water partition coefficient (Wildman–Crippen LogP) is 20.2. The normalized spacial score (nSPS) is 15.2. The van der Waals surface area contributed by atoms with Gasteiger partial charge in [0.15, 0.2) is 5.58 Å². The van der Waals surface area contributed by atoms with Gasteiger partial charge in [-0.25, -0.2) is 4.39 Å². The van der Waals surface area contributed by atoms with Crippen LogP contribution in [0.25, 0.3) is 82.8 Å². The first-order valence-electron chi connectivity index (χ1n) is 25.6. The van der Waals surface area contributed by atoms with Crippen LogP contribution in [0.5, 0.6) is 0 Å². The first-order chi connectivity index (χ1) is 36.6. The van der Waals surface area contributed by atoms with E-state index >= 15 is 4.39 Å². The van der Waals surface area contributed by atoms with E-state index in [2.05, 4.69) is 217 Å². The van der Waals surface area contributed by atoms with Gasteiger partial charge in [-0.1, -0.05) is 177 Å². The van der Waals surface area contributed by atoms with Crippen molar-refractivity contribution >= 4 is 94.7 Å². The molecule has 74 heavy (non-hydrogen) atoms. The van der Waals surface area contributed by atoms with E-state index in [1.165, 1.54) is 0 Å². The lowest BCUT2D eigenvalue weighted by atomic mass is 9.88. The Bertz CT molecular complexity index is 4240. The number of benzene rings is 10. The highest BCUT2D eigenvalue weighted by molar-refractivity contribution is 6.30. The maximum Gasteiger partial charge on any atom is 0.158 e. The van der Waals surface area contributed by atoms with E-state index in [1.807, 2.05) is 36.4 Å². The average Bonchev–Trinajstić information content (AvgIpc) is 4.10. The minimum absolute atomic E-state index is 0.0593. The van der Waals surface area contributed by atoms with Crippen LogP contribution in [-0.2, 0) is 0 Å². The molecular weight excluding hydrogens is 908 g/mol. The molecule has 12 aromatic rings. The van der Waals surface area contributed by atoms with E-state index < -0.39 is 0 Å². The first-order valence-corrected chi connectivity index (χ1v) is 25.6. The van der Waals surface area contributed by atoms with Gasteiger partial charge in [0.1, 0.15) is 22.7 Å². The van der Waals surface area contributed by atoms with Crippen LogP contribution in [0.2, 0.25) is 0 Å². The molecule has 14 rings (SSSR count). The number of para-hydroxylation sites is 3. The Morgan fingerprint density at radius 1 is 0.473 bits per heavy atom. The van der Waals surface area contributed by atoms with Crippen molar-refractivity contribution in [2.45, 2.75) is 31.6 Å². The van der Waals surface area contributed by atoms with E-state index in [0.717, 1.165) is 135 Å². The highest BCUT2D eigenvalue weighted by Crippen LogP contribution is 2.51. The first kappa shape index (κ1) is 43.6. The summed E-state index contributed by atoms with van der Waals surface area (Å²) in [6.45, 7) is 2.23. The van der Waals surface area contributed by atoms with Crippen molar-refractivity contribution in [3.8, 4) is 22.3 Å². The van der Waals surface area contributed by atoms with Gasteiger partial charge >= 0.3 is 0 Å². The van der Waals surface area contributed by atoms with E-state index in [0.29, 0.717) is 11.6 Å². The fraction of sp³-hybridized carbons (Fsp3) is 0.0725. The number of furan rings is 2. The van der Waals surface area contributed by atoms with Crippen molar-refractivity contribution in [3.05, 3.63) is 259 Å². The van der Waals surface area contributed by atoms with E-state index in [4.69, 9.17) is 8.83 Å². The number of hydrogen-bond donors (Lipinski definition) is 0. The predicted molar refractivity (Wildman–Crippen MR) is 306 cm³/mol. The molecule has 0 saturated heterocycles. The molecular formula is C69H49FN2O2. The van der Waals surface area contributed by atoms with Crippen LogP contribution < -0.4 is 9.80 Å². The van der Waals surface area contributed by atoms with Crippen molar-refractivity contribution in [1.29, 1.82) is 0 Å². The van der Waals surface area contributed by atoms with Crippen molar-refractivity contribution < 1.29 is 13.2 Å². The Morgan fingerprint density at radius 3 is 1.93 bits per heavy atom. The number of fused-ring (bicyclic) bond motifs is 11. The Balaban J connectivity index is 0.988. The minimum atomic E-state index is -0.292. The van der Waals surface area contributed by atoms with Gasteiger partial charge in [0.2, 0.25) is 0 Å². The molecule has 0 aliphatic heterocycles. The second-order valence-corrected chi connectivity index (χ2v) is 19.6. The Morgan fingerprint density at radius 2 is 1.15 bits per heavy atom. The Kier molecular flexibility index (Phi) is 10.5. The topological polar surface area (TPSA) is 32.8 Å². The molecule has 0 fully saturated rings. The van der Waals surface area contributed by atoms with Crippen LogP contribution in [0.1, 0.15) is 48.5 Å². The second kappa shape index (κ2) is 17.8. The van der Waals surface area contributed by atoms with Crippen LogP contribution in [0.4, 0.5) is 38.5 Å². The summed E-state index contributed by atoms with van der Waals surface area (Å²) in [4.78, 5) is 4.41. The average molecular weight is 957 g/mol. The standard InChI is InChI=1S/C69H49FN2O2/c1-44-20-18-32-55-56-33-19-35-63(68(56)74-67(44)55)71(49-27-12-5-13-28-49)51-37-39-58-64(43-51)73-69-57-38-36-50(42-60(57)53-30-14-15-31-54(53)65(58)69)72(62-34-17-16-29-52(62)46-23-8-3-9-24-46)66-59(47-25-10-4-11-26-47)40-48(41-61(66)70)45-21-6-2-7-22-45/h2-19,21,23-45H,20,22H2,1H3. The van der Waals surface area contributed by atoms with E-state index in [1.54, 1.807) is 6.07 Å².